The molecule has 0 fully saturated rings. The molecule has 0 spiro atoms. The highest BCUT2D eigenvalue weighted by molar-refractivity contribution is 5.88. The third kappa shape index (κ3) is 2.28. The molecule has 84 valence electrons. The summed E-state index contributed by atoms with van der Waals surface area (Å²) >= 11 is 0. The van der Waals surface area contributed by atoms with Crippen molar-refractivity contribution < 1.29 is 18.3 Å². The van der Waals surface area contributed by atoms with E-state index in [1.807, 2.05) is 0 Å². The molecule has 0 unspecified atom stereocenters. The van der Waals surface area contributed by atoms with Crippen LogP contribution in [0.1, 0.15) is 36.5 Å². The van der Waals surface area contributed by atoms with Gasteiger partial charge in [-0.15, -0.1) is 5.10 Å². The number of esters is 1. The van der Waals surface area contributed by atoms with E-state index in [2.05, 4.69) is 15.0 Å². The van der Waals surface area contributed by atoms with Gasteiger partial charge in [0.05, 0.1) is 6.61 Å². The van der Waals surface area contributed by atoms with Gasteiger partial charge in [-0.05, 0) is 13.8 Å². The zero-order chi connectivity index (χ0) is 11.4. The number of carbonyl (C=O) groups excluding carboxylic acids is 1. The summed E-state index contributed by atoms with van der Waals surface area (Å²) in [6.07, 6.45) is -2.79. The van der Waals surface area contributed by atoms with Crippen LogP contribution in [0.25, 0.3) is 0 Å². The Morgan fingerprint density at radius 3 is 2.67 bits per heavy atom. The van der Waals surface area contributed by atoms with E-state index in [9.17, 15) is 13.6 Å². The summed E-state index contributed by atoms with van der Waals surface area (Å²) in [6, 6.07) is 0. The van der Waals surface area contributed by atoms with E-state index in [1.165, 1.54) is 0 Å². The average Bonchev–Trinajstić information content (AvgIpc) is 2.61. The van der Waals surface area contributed by atoms with Crippen molar-refractivity contribution in [1.29, 1.82) is 0 Å². The predicted octanol–water partition coefficient (Wildman–Crippen LogP) is 1.41. The highest BCUT2D eigenvalue weighted by atomic mass is 19.3. The molecule has 0 aliphatic rings. The molecule has 0 atom stereocenters. The predicted molar refractivity (Wildman–Crippen MR) is 46.6 cm³/mol. The van der Waals surface area contributed by atoms with Gasteiger partial charge in [-0.1, -0.05) is 5.21 Å². The lowest BCUT2D eigenvalue weighted by Gasteiger charge is -2.03. The standard InChI is InChI=1S/C8H11F2N3O2/c1-3-13-6(7(9)10)5(11-12-13)8(14)15-4-2/h7H,3-4H2,1-2H3. The summed E-state index contributed by atoms with van der Waals surface area (Å²) in [5.74, 6) is -0.868. The molecule has 0 aliphatic heterocycles. The summed E-state index contributed by atoms with van der Waals surface area (Å²) in [5, 5.41) is 6.83. The van der Waals surface area contributed by atoms with Gasteiger partial charge in [0.1, 0.15) is 5.69 Å². The number of rotatable bonds is 4. The first-order valence-electron chi connectivity index (χ1n) is 4.50. The lowest BCUT2D eigenvalue weighted by Crippen LogP contribution is -2.11. The second-order valence-corrected chi connectivity index (χ2v) is 2.66. The second kappa shape index (κ2) is 4.81. The smallest absolute Gasteiger partial charge is 0.361 e. The zero-order valence-corrected chi connectivity index (χ0v) is 8.41. The Morgan fingerprint density at radius 1 is 1.53 bits per heavy atom. The van der Waals surface area contributed by atoms with Crippen LogP contribution in [0.4, 0.5) is 8.78 Å². The van der Waals surface area contributed by atoms with Crippen LogP contribution in [0.15, 0.2) is 0 Å². The molecule has 1 rings (SSSR count). The number of alkyl halides is 2. The minimum absolute atomic E-state index is 0.112. The quantitative estimate of drug-likeness (QED) is 0.718. The fourth-order valence-electron chi connectivity index (χ4n) is 1.11. The van der Waals surface area contributed by atoms with Gasteiger partial charge in [-0.25, -0.2) is 18.3 Å². The molecule has 1 aromatic rings. The number of ether oxygens (including phenoxy) is 1. The van der Waals surface area contributed by atoms with E-state index >= 15 is 0 Å². The van der Waals surface area contributed by atoms with E-state index in [0.717, 1.165) is 4.68 Å². The van der Waals surface area contributed by atoms with Crippen LogP contribution < -0.4 is 0 Å². The molecule has 0 saturated heterocycles. The molecular formula is C8H11F2N3O2. The van der Waals surface area contributed by atoms with Crippen LogP contribution in [0, 0.1) is 0 Å². The number of hydrogen-bond acceptors (Lipinski definition) is 4. The number of halogens is 2. The van der Waals surface area contributed by atoms with Gasteiger partial charge in [0.2, 0.25) is 0 Å². The van der Waals surface area contributed by atoms with Gasteiger partial charge in [-0.3, -0.25) is 0 Å². The molecule has 1 heterocycles. The van der Waals surface area contributed by atoms with E-state index < -0.39 is 23.8 Å². The van der Waals surface area contributed by atoms with Gasteiger partial charge < -0.3 is 4.74 Å². The molecular weight excluding hydrogens is 208 g/mol. The Bertz CT molecular complexity index is 352. The number of hydrogen-bond donors (Lipinski definition) is 0. The van der Waals surface area contributed by atoms with E-state index in [-0.39, 0.29) is 13.2 Å². The monoisotopic (exact) mass is 219 g/mol. The lowest BCUT2D eigenvalue weighted by molar-refractivity contribution is 0.0506. The number of aryl methyl sites for hydroxylation is 1. The maximum atomic E-state index is 12.6. The molecule has 0 bridgehead atoms. The number of carbonyl (C=O) groups is 1. The molecule has 0 saturated carbocycles. The lowest BCUT2D eigenvalue weighted by atomic mass is 10.3. The van der Waals surface area contributed by atoms with E-state index in [0.29, 0.717) is 0 Å². The van der Waals surface area contributed by atoms with Crippen LogP contribution >= 0.6 is 0 Å². The molecule has 7 heteroatoms. The van der Waals surface area contributed by atoms with Crippen molar-refractivity contribution in [2.24, 2.45) is 0 Å². The van der Waals surface area contributed by atoms with Crippen LogP contribution in [-0.2, 0) is 11.3 Å². The maximum Gasteiger partial charge on any atom is 0.361 e. The van der Waals surface area contributed by atoms with Crippen molar-refractivity contribution in [2.45, 2.75) is 26.8 Å². The molecule has 0 amide bonds. The molecule has 0 aliphatic carbocycles. The Balaban J connectivity index is 3.07. The normalized spacial score (nSPS) is 10.7. The summed E-state index contributed by atoms with van der Waals surface area (Å²) in [5.41, 5.74) is -0.898. The van der Waals surface area contributed by atoms with Gasteiger partial charge in [0.15, 0.2) is 5.69 Å². The first kappa shape index (κ1) is 11.5. The van der Waals surface area contributed by atoms with Crippen LogP contribution in [0.5, 0.6) is 0 Å². The first-order chi connectivity index (χ1) is 7.11. The Hall–Kier alpha value is -1.53. The van der Waals surface area contributed by atoms with Crippen LogP contribution in [0.2, 0.25) is 0 Å². The molecule has 5 nitrogen and oxygen atoms in total. The van der Waals surface area contributed by atoms with Crippen molar-refractivity contribution in [3.63, 3.8) is 0 Å². The fraction of sp³-hybridized carbons (Fsp3) is 0.625. The Labute approximate surface area is 85.0 Å². The number of nitrogens with zero attached hydrogens (tertiary/aromatic N) is 3. The van der Waals surface area contributed by atoms with Gasteiger partial charge in [-0.2, -0.15) is 0 Å². The van der Waals surface area contributed by atoms with Crippen molar-refractivity contribution >= 4 is 5.97 Å². The van der Waals surface area contributed by atoms with Crippen molar-refractivity contribution in [3.8, 4) is 0 Å². The minimum atomic E-state index is -2.79. The van der Waals surface area contributed by atoms with Crippen LogP contribution in [0.3, 0.4) is 0 Å². The summed E-state index contributed by atoms with van der Waals surface area (Å²) in [7, 11) is 0. The summed E-state index contributed by atoms with van der Waals surface area (Å²) in [4.78, 5) is 11.2. The van der Waals surface area contributed by atoms with Gasteiger partial charge in [0, 0.05) is 6.54 Å². The highest BCUT2D eigenvalue weighted by Gasteiger charge is 2.26. The van der Waals surface area contributed by atoms with Crippen LogP contribution in [-0.4, -0.2) is 27.6 Å². The molecule has 0 N–H and O–H groups in total. The number of aromatic nitrogens is 3. The fourth-order valence-corrected chi connectivity index (χ4v) is 1.11. The largest absolute Gasteiger partial charge is 0.461 e. The van der Waals surface area contributed by atoms with Gasteiger partial charge >= 0.3 is 5.97 Å². The highest BCUT2D eigenvalue weighted by Crippen LogP contribution is 2.21. The molecule has 1 aromatic heterocycles. The average molecular weight is 219 g/mol. The Morgan fingerprint density at radius 2 is 2.20 bits per heavy atom. The topological polar surface area (TPSA) is 57.0 Å². The Kier molecular flexibility index (Phi) is 3.70. The van der Waals surface area contributed by atoms with Crippen molar-refractivity contribution in [1.82, 2.24) is 15.0 Å². The molecule has 0 radical (unpaired) electrons. The minimum Gasteiger partial charge on any atom is -0.461 e. The third-order valence-electron chi connectivity index (χ3n) is 1.75. The molecule has 15 heavy (non-hydrogen) atoms. The van der Waals surface area contributed by atoms with Crippen molar-refractivity contribution in [2.75, 3.05) is 6.61 Å². The summed E-state index contributed by atoms with van der Waals surface area (Å²) in [6.45, 7) is 3.56. The third-order valence-corrected chi connectivity index (χ3v) is 1.75. The molecule has 0 aromatic carbocycles. The van der Waals surface area contributed by atoms with E-state index in [4.69, 9.17) is 0 Å². The second-order valence-electron chi connectivity index (χ2n) is 2.66. The van der Waals surface area contributed by atoms with Crippen molar-refractivity contribution in [3.05, 3.63) is 11.4 Å². The maximum absolute atomic E-state index is 12.6. The SMILES string of the molecule is CCOC(=O)c1nnn(CC)c1C(F)F. The van der Waals surface area contributed by atoms with Gasteiger partial charge in [0.25, 0.3) is 6.43 Å². The zero-order valence-electron chi connectivity index (χ0n) is 8.41. The summed E-state index contributed by atoms with van der Waals surface area (Å²) < 4.78 is 30.8. The van der Waals surface area contributed by atoms with E-state index in [1.54, 1.807) is 13.8 Å². The first-order valence-corrected chi connectivity index (χ1v) is 4.50.